The Morgan fingerprint density at radius 2 is 2.14 bits per heavy atom. The average Bonchev–Trinajstić information content (AvgIpc) is 2.51. The summed E-state index contributed by atoms with van der Waals surface area (Å²) >= 11 is 0. The molecule has 1 aromatic rings. The summed E-state index contributed by atoms with van der Waals surface area (Å²) in [6, 6.07) is 0. The van der Waals surface area contributed by atoms with Gasteiger partial charge in [0.25, 0.3) is 0 Å². The van der Waals surface area contributed by atoms with Gasteiger partial charge >= 0.3 is 0 Å². The zero-order valence-corrected chi connectivity index (χ0v) is 9.27. The van der Waals surface area contributed by atoms with Crippen LogP contribution < -0.4 is 5.73 Å². The first-order valence-electron chi connectivity index (χ1n) is 5.23. The Morgan fingerprint density at radius 3 is 2.71 bits per heavy atom. The topological polar surface area (TPSA) is 56.7 Å². The third-order valence-corrected chi connectivity index (χ3v) is 2.25. The molecule has 2 N–H and O–H groups in total. The molecule has 1 unspecified atom stereocenters. The van der Waals surface area contributed by atoms with Gasteiger partial charge in [0.15, 0.2) is 0 Å². The molecule has 1 aromatic heterocycles. The monoisotopic (exact) mass is 196 g/mol. The lowest BCUT2D eigenvalue weighted by atomic mass is 10.1. The highest BCUT2D eigenvalue weighted by Gasteiger charge is 2.12. The molecule has 80 valence electrons. The molecular weight excluding hydrogens is 176 g/mol. The fourth-order valence-electron chi connectivity index (χ4n) is 1.56. The average molecular weight is 196 g/mol. The molecule has 0 fully saturated rings. The van der Waals surface area contributed by atoms with Gasteiger partial charge < -0.3 is 10.3 Å². The molecule has 1 atom stereocenters. The van der Waals surface area contributed by atoms with E-state index in [0.717, 1.165) is 18.8 Å². The second-order valence-corrected chi connectivity index (χ2v) is 4.21. The molecule has 0 saturated heterocycles. The molecule has 0 bridgehead atoms. The van der Waals surface area contributed by atoms with Gasteiger partial charge in [-0.05, 0) is 18.9 Å². The quantitative estimate of drug-likeness (QED) is 0.774. The van der Waals surface area contributed by atoms with Crippen LogP contribution in [0.5, 0.6) is 0 Å². The third-order valence-electron chi connectivity index (χ3n) is 2.25. The predicted molar refractivity (Wildman–Crippen MR) is 56.9 cm³/mol. The van der Waals surface area contributed by atoms with Gasteiger partial charge in [0.2, 0.25) is 0 Å². The summed E-state index contributed by atoms with van der Waals surface area (Å²) in [4.78, 5) is 0. The van der Waals surface area contributed by atoms with E-state index in [9.17, 15) is 0 Å². The van der Waals surface area contributed by atoms with Gasteiger partial charge in [-0.1, -0.05) is 20.8 Å². The van der Waals surface area contributed by atoms with Crippen LogP contribution in [0, 0.1) is 5.92 Å². The normalized spacial score (nSPS) is 13.5. The molecule has 0 aliphatic carbocycles. The molecule has 0 amide bonds. The van der Waals surface area contributed by atoms with Crippen LogP contribution in [0.1, 0.15) is 38.9 Å². The smallest absolute Gasteiger partial charge is 0.135 e. The number of nitrogens with zero attached hydrogens (tertiary/aromatic N) is 3. The van der Waals surface area contributed by atoms with Crippen LogP contribution >= 0.6 is 0 Å². The van der Waals surface area contributed by atoms with Gasteiger partial charge in [0.1, 0.15) is 12.2 Å². The summed E-state index contributed by atoms with van der Waals surface area (Å²) in [5, 5.41) is 8.10. The van der Waals surface area contributed by atoms with E-state index in [2.05, 4.69) is 35.5 Å². The summed E-state index contributed by atoms with van der Waals surface area (Å²) < 4.78 is 2.13. The minimum atomic E-state index is 0.404. The fraction of sp³-hybridized carbons (Fsp3) is 0.800. The molecule has 4 nitrogen and oxygen atoms in total. The first kappa shape index (κ1) is 11.2. The number of rotatable bonds is 5. The van der Waals surface area contributed by atoms with Gasteiger partial charge in [0, 0.05) is 12.5 Å². The molecule has 0 radical (unpaired) electrons. The van der Waals surface area contributed by atoms with E-state index in [4.69, 9.17) is 5.73 Å². The maximum Gasteiger partial charge on any atom is 0.135 e. The van der Waals surface area contributed by atoms with Crippen LogP contribution in [0.3, 0.4) is 0 Å². The number of nitrogens with two attached hydrogens (primary N) is 1. The second-order valence-electron chi connectivity index (χ2n) is 4.21. The van der Waals surface area contributed by atoms with Gasteiger partial charge in [-0.15, -0.1) is 10.2 Å². The Hall–Kier alpha value is -0.900. The Balaban J connectivity index is 2.70. The molecule has 4 heteroatoms. The molecule has 0 saturated carbocycles. The van der Waals surface area contributed by atoms with Crippen molar-refractivity contribution >= 4 is 0 Å². The van der Waals surface area contributed by atoms with E-state index >= 15 is 0 Å². The van der Waals surface area contributed by atoms with Crippen LogP contribution in [-0.2, 0) is 6.54 Å². The van der Waals surface area contributed by atoms with E-state index in [1.165, 1.54) is 0 Å². The minimum absolute atomic E-state index is 0.404. The minimum Gasteiger partial charge on any atom is -0.330 e. The van der Waals surface area contributed by atoms with Crippen molar-refractivity contribution in [3.8, 4) is 0 Å². The maximum absolute atomic E-state index is 5.53. The summed E-state index contributed by atoms with van der Waals surface area (Å²) in [7, 11) is 0. The van der Waals surface area contributed by atoms with Crippen LogP contribution in [-0.4, -0.2) is 21.3 Å². The highest BCUT2D eigenvalue weighted by molar-refractivity contribution is 4.94. The lowest BCUT2D eigenvalue weighted by Gasteiger charge is -2.13. The maximum atomic E-state index is 5.53. The molecule has 0 spiro atoms. The van der Waals surface area contributed by atoms with Gasteiger partial charge in [-0.25, -0.2) is 0 Å². The van der Waals surface area contributed by atoms with Crippen molar-refractivity contribution in [3.05, 3.63) is 12.2 Å². The standard InChI is InChI=1S/C10H20N4/c1-8(2)6-14-7-12-13-10(14)9(3)4-5-11/h7-9H,4-6,11H2,1-3H3. The zero-order chi connectivity index (χ0) is 10.6. The number of aromatic nitrogens is 3. The molecule has 0 aliphatic heterocycles. The molecule has 0 aromatic carbocycles. The summed E-state index contributed by atoms with van der Waals surface area (Å²) in [6.45, 7) is 8.22. The lowest BCUT2D eigenvalue weighted by molar-refractivity contribution is 0.487. The first-order valence-corrected chi connectivity index (χ1v) is 5.23. The Morgan fingerprint density at radius 1 is 1.43 bits per heavy atom. The molecular formula is C10H20N4. The lowest BCUT2D eigenvalue weighted by Crippen LogP contribution is -2.13. The summed E-state index contributed by atoms with van der Waals surface area (Å²) in [5.41, 5.74) is 5.53. The van der Waals surface area contributed by atoms with Crippen LogP contribution in [0.15, 0.2) is 6.33 Å². The van der Waals surface area contributed by atoms with Gasteiger partial charge in [0.05, 0.1) is 0 Å². The van der Waals surface area contributed by atoms with Crippen LogP contribution in [0.25, 0.3) is 0 Å². The van der Waals surface area contributed by atoms with Crippen molar-refractivity contribution in [2.75, 3.05) is 6.54 Å². The van der Waals surface area contributed by atoms with E-state index in [1.807, 2.05) is 6.33 Å². The fourth-order valence-corrected chi connectivity index (χ4v) is 1.56. The van der Waals surface area contributed by atoms with Gasteiger partial charge in [-0.3, -0.25) is 0 Å². The van der Waals surface area contributed by atoms with E-state index in [-0.39, 0.29) is 0 Å². The molecule has 14 heavy (non-hydrogen) atoms. The number of hydrogen-bond acceptors (Lipinski definition) is 3. The molecule has 1 heterocycles. The first-order chi connectivity index (χ1) is 6.65. The van der Waals surface area contributed by atoms with Crippen molar-refractivity contribution in [2.45, 2.75) is 39.7 Å². The summed E-state index contributed by atoms with van der Waals surface area (Å²) in [5.74, 6) is 2.08. The van der Waals surface area contributed by atoms with E-state index < -0.39 is 0 Å². The Kier molecular flexibility index (Phi) is 4.07. The molecule has 0 aliphatic rings. The van der Waals surface area contributed by atoms with Crippen molar-refractivity contribution in [2.24, 2.45) is 11.7 Å². The SMILES string of the molecule is CC(C)Cn1cnnc1C(C)CCN. The Labute approximate surface area is 85.5 Å². The van der Waals surface area contributed by atoms with Crippen molar-refractivity contribution in [1.29, 1.82) is 0 Å². The third kappa shape index (κ3) is 2.80. The van der Waals surface area contributed by atoms with Crippen LogP contribution in [0.2, 0.25) is 0 Å². The van der Waals surface area contributed by atoms with Crippen molar-refractivity contribution in [3.63, 3.8) is 0 Å². The summed E-state index contributed by atoms with van der Waals surface area (Å²) in [6.07, 6.45) is 2.78. The highest BCUT2D eigenvalue weighted by atomic mass is 15.3. The van der Waals surface area contributed by atoms with Gasteiger partial charge in [-0.2, -0.15) is 0 Å². The Bertz CT molecular complexity index is 267. The predicted octanol–water partition coefficient (Wildman–Crippen LogP) is 1.39. The number of hydrogen-bond donors (Lipinski definition) is 1. The highest BCUT2D eigenvalue weighted by Crippen LogP contribution is 2.16. The van der Waals surface area contributed by atoms with E-state index in [0.29, 0.717) is 18.4 Å². The zero-order valence-electron chi connectivity index (χ0n) is 9.27. The van der Waals surface area contributed by atoms with Crippen LogP contribution in [0.4, 0.5) is 0 Å². The molecule has 1 rings (SSSR count). The van der Waals surface area contributed by atoms with Crippen molar-refractivity contribution in [1.82, 2.24) is 14.8 Å². The second kappa shape index (κ2) is 5.10. The van der Waals surface area contributed by atoms with E-state index in [1.54, 1.807) is 0 Å². The van der Waals surface area contributed by atoms with Crippen molar-refractivity contribution < 1.29 is 0 Å². The largest absolute Gasteiger partial charge is 0.330 e.